The number of carboxylic acids is 1. The SMILES string of the molecule is CCCc1c(C(=O)NCC(C)(C)C(=O)O)cnn1-c1ccccc1. The highest BCUT2D eigenvalue weighted by molar-refractivity contribution is 5.95. The van der Waals surface area contributed by atoms with Gasteiger partial charge in [-0.1, -0.05) is 31.5 Å². The van der Waals surface area contributed by atoms with E-state index in [-0.39, 0.29) is 12.5 Å². The number of para-hydroxylation sites is 1. The number of nitrogens with zero attached hydrogens (tertiary/aromatic N) is 2. The van der Waals surface area contributed by atoms with E-state index in [1.165, 1.54) is 0 Å². The van der Waals surface area contributed by atoms with Gasteiger partial charge in [0.15, 0.2) is 0 Å². The lowest BCUT2D eigenvalue weighted by Gasteiger charge is -2.19. The van der Waals surface area contributed by atoms with Gasteiger partial charge in [-0.2, -0.15) is 5.10 Å². The summed E-state index contributed by atoms with van der Waals surface area (Å²) in [7, 11) is 0. The maximum absolute atomic E-state index is 12.5. The van der Waals surface area contributed by atoms with Gasteiger partial charge in [0.25, 0.3) is 5.91 Å². The maximum Gasteiger partial charge on any atom is 0.310 e. The third-order valence-corrected chi connectivity index (χ3v) is 3.87. The van der Waals surface area contributed by atoms with Gasteiger partial charge < -0.3 is 10.4 Å². The minimum atomic E-state index is -1.02. The molecule has 1 aromatic carbocycles. The van der Waals surface area contributed by atoms with Gasteiger partial charge in [0.2, 0.25) is 0 Å². The molecule has 2 aromatic rings. The van der Waals surface area contributed by atoms with Gasteiger partial charge in [0.1, 0.15) is 0 Å². The Balaban J connectivity index is 2.25. The molecule has 2 N–H and O–H groups in total. The molecule has 2 rings (SSSR count). The predicted molar refractivity (Wildman–Crippen MR) is 91.3 cm³/mol. The van der Waals surface area contributed by atoms with Crippen molar-refractivity contribution in [2.24, 2.45) is 5.41 Å². The van der Waals surface area contributed by atoms with Gasteiger partial charge in [-0.15, -0.1) is 0 Å². The molecular formula is C18H23N3O3. The topological polar surface area (TPSA) is 84.2 Å². The monoisotopic (exact) mass is 329 g/mol. The minimum Gasteiger partial charge on any atom is -0.481 e. The third-order valence-electron chi connectivity index (χ3n) is 3.87. The Morgan fingerprint density at radius 2 is 1.92 bits per heavy atom. The van der Waals surface area contributed by atoms with Crippen molar-refractivity contribution in [2.75, 3.05) is 6.54 Å². The van der Waals surface area contributed by atoms with Crippen molar-refractivity contribution >= 4 is 11.9 Å². The molecule has 6 heteroatoms. The van der Waals surface area contributed by atoms with E-state index in [9.17, 15) is 9.59 Å². The van der Waals surface area contributed by atoms with E-state index < -0.39 is 11.4 Å². The Morgan fingerprint density at radius 3 is 2.50 bits per heavy atom. The van der Waals surface area contributed by atoms with E-state index in [1.54, 1.807) is 24.7 Å². The lowest BCUT2D eigenvalue weighted by Crippen LogP contribution is -2.39. The predicted octanol–water partition coefficient (Wildman–Crippen LogP) is 2.67. The van der Waals surface area contributed by atoms with Gasteiger partial charge in [-0.25, -0.2) is 4.68 Å². The van der Waals surface area contributed by atoms with Crippen LogP contribution in [-0.2, 0) is 11.2 Å². The summed E-state index contributed by atoms with van der Waals surface area (Å²) < 4.78 is 1.76. The number of benzene rings is 1. The average Bonchev–Trinajstić information content (AvgIpc) is 2.97. The lowest BCUT2D eigenvalue weighted by atomic mass is 9.94. The summed E-state index contributed by atoms with van der Waals surface area (Å²) in [5, 5.41) is 16.2. The molecule has 0 aliphatic carbocycles. The van der Waals surface area contributed by atoms with Gasteiger partial charge >= 0.3 is 5.97 Å². The Bertz CT molecular complexity index is 720. The molecule has 0 radical (unpaired) electrons. The van der Waals surface area contributed by atoms with E-state index in [1.807, 2.05) is 37.3 Å². The largest absolute Gasteiger partial charge is 0.481 e. The molecule has 1 aromatic heterocycles. The first-order chi connectivity index (χ1) is 11.4. The third kappa shape index (κ3) is 3.82. The highest BCUT2D eigenvalue weighted by atomic mass is 16.4. The molecule has 6 nitrogen and oxygen atoms in total. The molecule has 0 saturated carbocycles. The van der Waals surface area contributed by atoms with E-state index in [4.69, 9.17) is 5.11 Å². The van der Waals surface area contributed by atoms with Crippen molar-refractivity contribution in [3.63, 3.8) is 0 Å². The van der Waals surface area contributed by atoms with Crippen molar-refractivity contribution in [2.45, 2.75) is 33.6 Å². The maximum atomic E-state index is 12.5. The number of carboxylic acid groups (broad SMARTS) is 1. The van der Waals surface area contributed by atoms with Crippen LogP contribution in [-0.4, -0.2) is 33.3 Å². The van der Waals surface area contributed by atoms with Crippen LogP contribution >= 0.6 is 0 Å². The smallest absolute Gasteiger partial charge is 0.310 e. The fourth-order valence-corrected chi connectivity index (χ4v) is 2.30. The number of rotatable bonds is 7. The molecule has 0 bridgehead atoms. The van der Waals surface area contributed by atoms with Gasteiger partial charge in [0.05, 0.1) is 28.6 Å². The Labute approximate surface area is 141 Å². The summed E-state index contributed by atoms with van der Waals surface area (Å²) in [5.74, 6) is -1.24. The summed E-state index contributed by atoms with van der Waals surface area (Å²) in [4.78, 5) is 23.7. The first-order valence-corrected chi connectivity index (χ1v) is 8.00. The van der Waals surface area contributed by atoms with Gasteiger partial charge in [0, 0.05) is 6.54 Å². The number of nitrogens with one attached hydrogen (secondary N) is 1. The zero-order valence-electron chi connectivity index (χ0n) is 14.2. The average molecular weight is 329 g/mol. The van der Waals surface area contributed by atoms with Crippen molar-refractivity contribution < 1.29 is 14.7 Å². The van der Waals surface area contributed by atoms with Crippen LogP contribution in [0, 0.1) is 5.41 Å². The molecule has 0 atom stereocenters. The zero-order chi connectivity index (χ0) is 17.7. The van der Waals surface area contributed by atoms with Crippen molar-refractivity contribution in [1.82, 2.24) is 15.1 Å². The molecular weight excluding hydrogens is 306 g/mol. The second-order valence-corrected chi connectivity index (χ2v) is 6.37. The van der Waals surface area contributed by atoms with E-state index >= 15 is 0 Å². The number of hydrogen-bond donors (Lipinski definition) is 2. The van der Waals surface area contributed by atoms with Crippen molar-refractivity contribution in [3.05, 3.63) is 47.8 Å². The number of amides is 1. The minimum absolute atomic E-state index is 0.0588. The molecule has 0 aliphatic rings. The van der Waals surface area contributed by atoms with Crippen LogP contribution < -0.4 is 5.32 Å². The van der Waals surface area contributed by atoms with Crippen molar-refractivity contribution in [1.29, 1.82) is 0 Å². The van der Waals surface area contributed by atoms with Gasteiger partial charge in [-0.05, 0) is 32.4 Å². The Morgan fingerprint density at radius 1 is 1.25 bits per heavy atom. The Hall–Kier alpha value is -2.63. The second kappa shape index (κ2) is 7.29. The summed E-state index contributed by atoms with van der Waals surface area (Å²) >= 11 is 0. The first-order valence-electron chi connectivity index (χ1n) is 8.00. The molecule has 0 aliphatic heterocycles. The summed E-state index contributed by atoms with van der Waals surface area (Å²) in [6.45, 7) is 5.26. The summed E-state index contributed by atoms with van der Waals surface area (Å²) in [6.07, 6.45) is 3.13. The Kier molecular flexibility index (Phi) is 5.39. The van der Waals surface area contributed by atoms with Crippen LogP contribution in [0.2, 0.25) is 0 Å². The summed E-state index contributed by atoms with van der Waals surface area (Å²) in [5.41, 5.74) is 1.19. The van der Waals surface area contributed by atoms with Crippen LogP contribution in [0.15, 0.2) is 36.5 Å². The van der Waals surface area contributed by atoms with Crippen LogP contribution in [0.3, 0.4) is 0 Å². The first kappa shape index (κ1) is 17.7. The number of aliphatic carboxylic acids is 1. The number of carbonyl (C=O) groups excluding carboxylic acids is 1. The fourth-order valence-electron chi connectivity index (χ4n) is 2.30. The number of aromatic nitrogens is 2. The van der Waals surface area contributed by atoms with E-state index in [2.05, 4.69) is 10.4 Å². The van der Waals surface area contributed by atoms with E-state index in [0.29, 0.717) is 12.0 Å². The lowest BCUT2D eigenvalue weighted by molar-refractivity contribution is -0.146. The van der Waals surface area contributed by atoms with Crippen LogP contribution in [0.1, 0.15) is 43.2 Å². The van der Waals surface area contributed by atoms with Crippen molar-refractivity contribution in [3.8, 4) is 5.69 Å². The number of carbonyl (C=O) groups is 2. The molecule has 0 saturated heterocycles. The molecule has 0 unspecified atom stereocenters. The standard InChI is InChI=1S/C18H23N3O3/c1-4-8-15-14(16(22)19-12-18(2,3)17(23)24)11-20-21(15)13-9-6-5-7-10-13/h5-7,9-11H,4,8,12H2,1-3H3,(H,19,22)(H,23,24). The van der Waals surface area contributed by atoms with Gasteiger partial charge in [-0.3, -0.25) is 9.59 Å². The van der Waals surface area contributed by atoms with Crippen LogP contribution in [0.4, 0.5) is 0 Å². The molecule has 1 heterocycles. The fraction of sp³-hybridized carbons (Fsp3) is 0.389. The normalized spacial score (nSPS) is 11.3. The quantitative estimate of drug-likeness (QED) is 0.818. The van der Waals surface area contributed by atoms with Crippen LogP contribution in [0.25, 0.3) is 5.69 Å². The molecule has 128 valence electrons. The second-order valence-electron chi connectivity index (χ2n) is 6.37. The molecule has 24 heavy (non-hydrogen) atoms. The van der Waals surface area contributed by atoms with Crippen LogP contribution in [0.5, 0.6) is 0 Å². The molecule has 0 spiro atoms. The van der Waals surface area contributed by atoms with E-state index in [0.717, 1.165) is 17.8 Å². The highest BCUT2D eigenvalue weighted by Gasteiger charge is 2.28. The molecule has 0 fully saturated rings. The highest BCUT2D eigenvalue weighted by Crippen LogP contribution is 2.18. The number of hydrogen-bond acceptors (Lipinski definition) is 3. The molecule has 1 amide bonds. The summed E-state index contributed by atoms with van der Waals surface area (Å²) in [6, 6.07) is 9.63. The zero-order valence-corrected chi connectivity index (χ0v) is 14.2.